The molecule has 4 nitrogen and oxygen atoms in total. The Hall–Kier alpha value is -0.720. The van der Waals surface area contributed by atoms with Crippen molar-refractivity contribution in [2.24, 2.45) is 0 Å². The van der Waals surface area contributed by atoms with Crippen LogP contribution in [0.25, 0.3) is 10.7 Å². The van der Waals surface area contributed by atoms with E-state index in [1.54, 1.807) is 11.3 Å². The van der Waals surface area contributed by atoms with E-state index in [1.807, 2.05) is 11.4 Å². The van der Waals surface area contributed by atoms with Gasteiger partial charge in [0.05, 0.1) is 10.8 Å². The Morgan fingerprint density at radius 3 is 3.18 bits per heavy atom. The van der Waals surface area contributed by atoms with E-state index in [-0.39, 0.29) is 0 Å². The average Bonchev–Trinajstić information content (AvgIpc) is 2.98. The molecule has 0 unspecified atom stereocenters. The van der Waals surface area contributed by atoms with Gasteiger partial charge >= 0.3 is 0 Å². The van der Waals surface area contributed by atoms with Gasteiger partial charge in [-0.15, -0.1) is 11.3 Å². The van der Waals surface area contributed by atoms with Crippen LogP contribution in [0.2, 0.25) is 0 Å². The summed E-state index contributed by atoms with van der Waals surface area (Å²) in [5, 5.41) is 9.43. The van der Waals surface area contributed by atoms with Gasteiger partial charge in [0.1, 0.15) is 0 Å². The van der Waals surface area contributed by atoms with E-state index in [4.69, 9.17) is 4.52 Å². The van der Waals surface area contributed by atoms with E-state index in [0.717, 1.165) is 34.8 Å². The zero-order chi connectivity index (χ0) is 11.7. The molecule has 6 heteroatoms. The van der Waals surface area contributed by atoms with Gasteiger partial charge in [0.2, 0.25) is 11.7 Å². The Kier molecular flexibility index (Phi) is 3.26. The van der Waals surface area contributed by atoms with Crippen molar-refractivity contribution >= 4 is 27.3 Å². The van der Waals surface area contributed by atoms with Crippen LogP contribution in [0.5, 0.6) is 0 Å². The first kappa shape index (κ1) is 11.4. The Labute approximate surface area is 112 Å². The maximum atomic E-state index is 5.36. The molecule has 17 heavy (non-hydrogen) atoms. The lowest BCUT2D eigenvalue weighted by Gasteiger charge is -2.18. The summed E-state index contributed by atoms with van der Waals surface area (Å²) in [4.78, 5) is 5.53. The molecular formula is C11H12BrN3OS. The van der Waals surface area contributed by atoms with Gasteiger partial charge in [0.15, 0.2) is 0 Å². The molecule has 1 aliphatic heterocycles. The Morgan fingerprint density at radius 2 is 2.47 bits per heavy atom. The first-order valence-electron chi connectivity index (χ1n) is 5.61. The number of halogens is 1. The van der Waals surface area contributed by atoms with Crippen LogP contribution >= 0.6 is 27.3 Å². The summed E-state index contributed by atoms with van der Waals surface area (Å²) in [7, 11) is 0. The highest BCUT2D eigenvalue weighted by molar-refractivity contribution is 9.10. The minimum absolute atomic E-state index is 0.369. The van der Waals surface area contributed by atoms with Gasteiger partial charge in [-0.05, 0) is 41.4 Å². The highest BCUT2D eigenvalue weighted by atomic mass is 79.9. The van der Waals surface area contributed by atoms with Crippen LogP contribution in [0.15, 0.2) is 20.4 Å². The number of hydrogen-bond donors (Lipinski definition) is 1. The van der Waals surface area contributed by atoms with E-state index in [2.05, 4.69) is 31.4 Å². The van der Waals surface area contributed by atoms with Crippen LogP contribution in [0.1, 0.15) is 24.7 Å². The van der Waals surface area contributed by atoms with Gasteiger partial charge < -0.3 is 9.84 Å². The Morgan fingerprint density at radius 1 is 1.53 bits per heavy atom. The maximum Gasteiger partial charge on any atom is 0.231 e. The molecule has 90 valence electrons. The molecular weight excluding hydrogens is 302 g/mol. The molecule has 1 N–H and O–H groups in total. The van der Waals surface area contributed by atoms with Crippen molar-refractivity contribution < 1.29 is 4.52 Å². The van der Waals surface area contributed by atoms with Crippen LogP contribution in [0.3, 0.4) is 0 Å². The van der Waals surface area contributed by atoms with Gasteiger partial charge in [-0.2, -0.15) is 4.98 Å². The molecule has 1 aliphatic rings. The van der Waals surface area contributed by atoms with Crippen molar-refractivity contribution in [2.45, 2.75) is 18.8 Å². The molecule has 2 aromatic heterocycles. The fraction of sp³-hybridized carbons (Fsp3) is 0.455. The van der Waals surface area contributed by atoms with Gasteiger partial charge in [0.25, 0.3) is 0 Å². The van der Waals surface area contributed by atoms with Crippen LogP contribution in [-0.4, -0.2) is 23.2 Å². The summed E-state index contributed by atoms with van der Waals surface area (Å²) in [6, 6.07) is 2.01. The minimum atomic E-state index is 0.369. The lowest BCUT2D eigenvalue weighted by atomic mass is 10.00. The van der Waals surface area contributed by atoms with Crippen molar-refractivity contribution in [3.05, 3.63) is 21.8 Å². The zero-order valence-electron chi connectivity index (χ0n) is 9.15. The summed E-state index contributed by atoms with van der Waals surface area (Å²) >= 11 is 5.04. The molecule has 2 aromatic rings. The van der Waals surface area contributed by atoms with Crippen molar-refractivity contribution in [1.29, 1.82) is 0 Å². The fourth-order valence-electron chi connectivity index (χ4n) is 1.99. The smallest absolute Gasteiger partial charge is 0.231 e. The van der Waals surface area contributed by atoms with Crippen LogP contribution in [0, 0.1) is 0 Å². The first-order valence-corrected chi connectivity index (χ1v) is 7.29. The van der Waals surface area contributed by atoms with Crippen LogP contribution in [-0.2, 0) is 0 Å². The minimum Gasteiger partial charge on any atom is -0.339 e. The highest BCUT2D eigenvalue weighted by Crippen LogP contribution is 2.29. The predicted molar refractivity (Wildman–Crippen MR) is 70.2 cm³/mol. The number of nitrogens with one attached hydrogen (secondary N) is 1. The predicted octanol–water partition coefficient (Wildman–Crippen LogP) is 3.03. The van der Waals surface area contributed by atoms with Crippen molar-refractivity contribution in [2.75, 3.05) is 13.1 Å². The maximum absolute atomic E-state index is 5.36. The molecule has 0 bridgehead atoms. The first-order chi connectivity index (χ1) is 8.33. The molecule has 3 heterocycles. The normalized spacial score (nSPS) is 20.6. The number of rotatable bonds is 2. The SMILES string of the molecule is Brc1csc(-c2noc([C@@H]3CCCNC3)n2)c1. The molecule has 3 rings (SSSR count). The number of hydrogen-bond acceptors (Lipinski definition) is 5. The van der Waals surface area contributed by atoms with E-state index < -0.39 is 0 Å². The summed E-state index contributed by atoms with van der Waals surface area (Å²) < 4.78 is 6.42. The van der Waals surface area contributed by atoms with Crippen LogP contribution < -0.4 is 5.32 Å². The summed E-state index contributed by atoms with van der Waals surface area (Å²) in [6.45, 7) is 2.03. The lowest BCUT2D eigenvalue weighted by Crippen LogP contribution is -2.28. The third-order valence-electron chi connectivity index (χ3n) is 2.88. The second-order valence-electron chi connectivity index (χ2n) is 4.13. The van der Waals surface area contributed by atoms with Crippen molar-refractivity contribution in [1.82, 2.24) is 15.5 Å². The molecule has 1 fully saturated rings. The molecule has 0 saturated carbocycles. The molecule has 0 amide bonds. The summed E-state index contributed by atoms with van der Waals surface area (Å²) in [6.07, 6.45) is 2.30. The third kappa shape index (κ3) is 2.43. The number of thiophene rings is 1. The second kappa shape index (κ2) is 4.88. The van der Waals surface area contributed by atoms with E-state index in [1.165, 1.54) is 6.42 Å². The van der Waals surface area contributed by atoms with Crippen molar-refractivity contribution in [3.8, 4) is 10.7 Å². The van der Waals surface area contributed by atoms with E-state index >= 15 is 0 Å². The zero-order valence-corrected chi connectivity index (χ0v) is 11.6. The fourth-order valence-corrected chi connectivity index (χ4v) is 3.35. The monoisotopic (exact) mass is 313 g/mol. The molecule has 1 atom stereocenters. The topological polar surface area (TPSA) is 51.0 Å². The third-order valence-corrected chi connectivity index (χ3v) is 4.56. The quantitative estimate of drug-likeness (QED) is 0.926. The second-order valence-corrected chi connectivity index (χ2v) is 5.96. The van der Waals surface area contributed by atoms with Gasteiger partial charge in [0, 0.05) is 16.4 Å². The number of nitrogens with zero attached hydrogens (tertiary/aromatic N) is 2. The molecule has 1 saturated heterocycles. The van der Waals surface area contributed by atoms with Gasteiger partial charge in [-0.1, -0.05) is 5.16 Å². The highest BCUT2D eigenvalue weighted by Gasteiger charge is 2.21. The van der Waals surface area contributed by atoms with Crippen LogP contribution in [0.4, 0.5) is 0 Å². The summed E-state index contributed by atoms with van der Waals surface area (Å²) in [5.41, 5.74) is 0. The van der Waals surface area contributed by atoms with E-state index in [9.17, 15) is 0 Å². The molecule has 0 aromatic carbocycles. The van der Waals surface area contributed by atoms with E-state index in [0.29, 0.717) is 11.7 Å². The Bertz CT molecular complexity index is 504. The largest absolute Gasteiger partial charge is 0.339 e. The molecule has 0 spiro atoms. The van der Waals surface area contributed by atoms with Gasteiger partial charge in [-0.3, -0.25) is 0 Å². The standard InChI is InChI=1S/C11H12BrN3OS/c12-8-4-9(17-6-8)10-14-11(16-15-10)7-2-1-3-13-5-7/h4,6-7,13H,1-3,5H2/t7-/m1/s1. The number of aromatic nitrogens is 2. The molecule has 0 radical (unpaired) electrons. The number of piperidine rings is 1. The average molecular weight is 314 g/mol. The molecule has 0 aliphatic carbocycles. The van der Waals surface area contributed by atoms with Crippen molar-refractivity contribution in [3.63, 3.8) is 0 Å². The van der Waals surface area contributed by atoms with Gasteiger partial charge in [-0.25, -0.2) is 0 Å². The Balaban J connectivity index is 1.82. The summed E-state index contributed by atoms with van der Waals surface area (Å²) in [5.74, 6) is 1.83. The lowest BCUT2D eigenvalue weighted by molar-refractivity contribution is 0.322.